The van der Waals surface area contributed by atoms with Crippen LogP contribution >= 0.6 is 0 Å². The third-order valence-electron chi connectivity index (χ3n) is 7.25. The second-order valence-electron chi connectivity index (χ2n) is 10.6. The summed E-state index contributed by atoms with van der Waals surface area (Å²) in [6, 6.07) is 12.6. The van der Waals surface area contributed by atoms with Gasteiger partial charge in [0.25, 0.3) is 0 Å². The maximum atomic E-state index is 15.7. The van der Waals surface area contributed by atoms with E-state index in [1.807, 2.05) is 0 Å². The number of halogens is 1. The second-order valence-corrected chi connectivity index (χ2v) is 13.1. The minimum Gasteiger partial charge on any atom is -0.494 e. The Morgan fingerprint density at radius 3 is 2.48 bits per heavy atom. The van der Waals surface area contributed by atoms with E-state index in [0.29, 0.717) is 17.0 Å². The summed E-state index contributed by atoms with van der Waals surface area (Å²) in [6.07, 6.45) is 2.62. The molecule has 0 aliphatic rings. The predicted molar refractivity (Wildman–Crippen MR) is 165 cm³/mol. The Kier molecular flexibility index (Phi) is 9.85. The van der Waals surface area contributed by atoms with Crippen LogP contribution in [0.25, 0.3) is 10.8 Å². The van der Waals surface area contributed by atoms with Gasteiger partial charge in [-0.1, -0.05) is 24.3 Å². The van der Waals surface area contributed by atoms with Crippen LogP contribution in [0.3, 0.4) is 0 Å². The molecule has 1 aromatic heterocycles. The number of nitrogens with zero attached hydrogens (tertiary/aromatic N) is 2. The molecule has 0 fully saturated rings. The zero-order valence-corrected chi connectivity index (χ0v) is 25.6. The Morgan fingerprint density at radius 2 is 1.80 bits per heavy atom. The Balaban J connectivity index is 1.86. The van der Waals surface area contributed by atoms with E-state index in [0.717, 1.165) is 15.8 Å². The van der Waals surface area contributed by atoms with Gasteiger partial charge >= 0.3 is 5.97 Å². The molecule has 4 rings (SSSR count). The lowest BCUT2D eigenvalue weighted by Gasteiger charge is -2.31. The number of sulfone groups is 1. The highest BCUT2D eigenvalue weighted by atomic mass is 32.2. The molecule has 3 aromatic carbocycles. The summed E-state index contributed by atoms with van der Waals surface area (Å²) in [7, 11) is -3.86. The van der Waals surface area contributed by atoms with Gasteiger partial charge < -0.3 is 15.2 Å². The van der Waals surface area contributed by atoms with E-state index < -0.39 is 51.3 Å². The second kappa shape index (κ2) is 13.4. The molecule has 232 valence electrons. The van der Waals surface area contributed by atoms with Crippen molar-refractivity contribution in [1.29, 1.82) is 0 Å². The number of amides is 1. The summed E-state index contributed by atoms with van der Waals surface area (Å²) < 4.78 is 47.8. The first-order chi connectivity index (χ1) is 20.8. The topological polar surface area (TPSA) is 152 Å². The average Bonchev–Trinajstić information content (AvgIpc) is 2.98. The number of hydrogen-bond acceptors (Lipinski definition) is 8. The molecule has 44 heavy (non-hydrogen) atoms. The Hall–Kier alpha value is -4.55. The Morgan fingerprint density at radius 1 is 1.07 bits per heavy atom. The number of nitrogens with two attached hydrogens (primary N) is 1. The van der Waals surface area contributed by atoms with Gasteiger partial charge in [0.1, 0.15) is 11.6 Å². The van der Waals surface area contributed by atoms with Gasteiger partial charge in [-0.05, 0) is 80.6 Å². The third kappa shape index (κ3) is 6.81. The van der Waals surface area contributed by atoms with Crippen molar-refractivity contribution in [2.45, 2.75) is 56.3 Å². The molecule has 10 nitrogen and oxygen atoms in total. The fraction of sp³-hybridized carbons (Fsp3) is 0.281. The van der Waals surface area contributed by atoms with E-state index in [-0.39, 0.29) is 22.6 Å². The van der Waals surface area contributed by atoms with Crippen molar-refractivity contribution in [1.82, 2.24) is 10.3 Å². The normalized spacial score (nSPS) is 13.0. The van der Waals surface area contributed by atoms with E-state index in [9.17, 15) is 23.1 Å². The number of aliphatic carboxylic acids is 1. The zero-order valence-electron chi connectivity index (χ0n) is 24.8. The fourth-order valence-corrected chi connectivity index (χ4v) is 6.25. The van der Waals surface area contributed by atoms with Gasteiger partial charge in [-0.15, -0.1) is 0 Å². The number of pyridine rings is 1. The molecule has 0 spiro atoms. The van der Waals surface area contributed by atoms with Crippen molar-refractivity contribution in [3.8, 4) is 5.75 Å². The summed E-state index contributed by atoms with van der Waals surface area (Å²) in [6.45, 7) is 6.74. The summed E-state index contributed by atoms with van der Waals surface area (Å²) in [5.74, 6) is 4.06. The lowest BCUT2D eigenvalue weighted by molar-refractivity contribution is -0.137. The standard InChI is InChI=1S/C32H35FN4O6S/c1-5-43-28-16-25(26(33)14-20(28)4)31(37(34)23-11-10-22-18-35-13-12-21(22)15-23)32(40)36-27(17-30(38)39)24-8-6-7-9-29(24)44(41,42)19(2)3/h6-16,18-19,27,31H,5,17,34H2,1-4H3,(H,36,40)(H,38,39)/t27-,31-/m1/s1. The summed E-state index contributed by atoms with van der Waals surface area (Å²) >= 11 is 0. The van der Waals surface area contributed by atoms with Crippen LogP contribution < -0.4 is 20.9 Å². The van der Waals surface area contributed by atoms with Crippen molar-refractivity contribution in [2.24, 2.45) is 5.84 Å². The summed E-state index contributed by atoms with van der Waals surface area (Å²) in [5, 5.41) is 14.3. The smallest absolute Gasteiger partial charge is 0.305 e. The third-order valence-corrected chi connectivity index (χ3v) is 9.48. The molecule has 12 heteroatoms. The SMILES string of the molecule is CCOc1cc([C@H](C(=O)N[C@H](CC(=O)O)c2ccccc2S(=O)(=O)C(C)C)N(N)c2ccc3cnccc3c2)c(F)cc1C. The zero-order chi connectivity index (χ0) is 32.2. The van der Waals surface area contributed by atoms with Crippen LogP contribution in [0, 0.1) is 12.7 Å². The summed E-state index contributed by atoms with van der Waals surface area (Å²) in [4.78, 5) is 30.2. The molecule has 1 heterocycles. The molecular formula is C32H35FN4O6S. The maximum Gasteiger partial charge on any atom is 0.305 e. The minimum atomic E-state index is -3.86. The number of rotatable bonds is 12. The molecule has 1 amide bonds. The number of carbonyl (C=O) groups is 2. The van der Waals surface area contributed by atoms with Crippen LogP contribution in [0.4, 0.5) is 10.1 Å². The van der Waals surface area contributed by atoms with Gasteiger partial charge in [-0.2, -0.15) is 0 Å². The number of carboxylic acid groups (broad SMARTS) is 1. The van der Waals surface area contributed by atoms with E-state index in [4.69, 9.17) is 10.6 Å². The number of fused-ring (bicyclic) bond motifs is 1. The van der Waals surface area contributed by atoms with Crippen LogP contribution in [-0.4, -0.2) is 42.2 Å². The Bertz CT molecular complexity index is 1800. The molecular weight excluding hydrogens is 587 g/mol. The first kappa shape index (κ1) is 32.4. The molecule has 0 unspecified atom stereocenters. The van der Waals surface area contributed by atoms with Crippen molar-refractivity contribution < 1.29 is 32.2 Å². The fourth-order valence-electron chi connectivity index (χ4n) is 4.93. The highest BCUT2D eigenvalue weighted by Crippen LogP contribution is 2.34. The number of hydrogen-bond donors (Lipinski definition) is 3. The van der Waals surface area contributed by atoms with Gasteiger partial charge in [0.2, 0.25) is 5.91 Å². The minimum absolute atomic E-state index is 0.0943. The molecule has 0 bridgehead atoms. The van der Waals surface area contributed by atoms with Crippen molar-refractivity contribution in [2.75, 3.05) is 11.6 Å². The molecule has 0 aliphatic carbocycles. The number of carboxylic acids is 1. The molecule has 4 aromatic rings. The van der Waals surface area contributed by atoms with Crippen molar-refractivity contribution in [3.63, 3.8) is 0 Å². The van der Waals surface area contributed by atoms with Crippen LogP contribution in [0.15, 0.2) is 78.0 Å². The number of nitrogens with one attached hydrogen (secondary N) is 1. The molecule has 4 N–H and O–H groups in total. The molecule has 0 aliphatic heterocycles. The predicted octanol–water partition coefficient (Wildman–Crippen LogP) is 5.02. The lowest BCUT2D eigenvalue weighted by Crippen LogP contribution is -2.46. The molecule has 0 saturated carbocycles. The highest BCUT2D eigenvalue weighted by Gasteiger charge is 2.34. The first-order valence-corrected chi connectivity index (χ1v) is 15.5. The largest absolute Gasteiger partial charge is 0.494 e. The molecule has 2 atom stereocenters. The van der Waals surface area contributed by atoms with Crippen LogP contribution in [0.5, 0.6) is 5.75 Å². The van der Waals surface area contributed by atoms with E-state index in [1.54, 1.807) is 56.6 Å². The first-order valence-electron chi connectivity index (χ1n) is 14.0. The molecule has 0 saturated heterocycles. The van der Waals surface area contributed by atoms with Gasteiger partial charge in [0.15, 0.2) is 15.9 Å². The van der Waals surface area contributed by atoms with E-state index in [1.165, 1.54) is 44.2 Å². The van der Waals surface area contributed by atoms with Gasteiger partial charge in [0.05, 0.1) is 34.9 Å². The summed E-state index contributed by atoms with van der Waals surface area (Å²) in [5.41, 5.74) is 0.841. The quantitative estimate of drug-likeness (QED) is 0.146. The van der Waals surface area contributed by atoms with Gasteiger partial charge in [-0.25, -0.2) is 18.7 Å². The number of carbonyl (C=O) groups excluding carboxylic acids is 1. The van der Waals surface area contributed by atoms with Gasteiger partial charge in [-0.3, -0.25) is 19.6 Å². The van der Waals surface area contributed by atoms with Crippen molar-refractivity contribution >= 4 is 38.2 Å². The van der Waals surface area contributed by atoms with Crippen molar-refractivity contribution in [3.05, 3.63) is 95.6 Å². The maximum absolute atomic E-state index is 15.7. The Labute approximate surface area is 255 Å². The number of hydrazine groups is 1. The lowest BCUT2D eigenvalue weighted by atomic mass is 9.99. The highest BCUT2D eigenvalue weighted by molar-refractivity contribution is 7.92. The van der Waals surface area contributed by atoms with Crippen LogP contribution in [0.2, 0.25) is 0 Å². The number of aromatic nitrogens is 1. The molecule has 0 radical (unpaired) electrons. The monoisotopic (exact) mass is 622 g/mol. The van der Waals surface area contributed by atoms with E-state index in [2.05, 4.69) is 10.3 Å². The number of anilines is 1. The number of ether oxygens (including phenoxy) is 1. The van der Waals surface area contributed by atoms with Crippen LogP contribution in [-0.2, 0) is 19.4 Å². The number of aryl methyl sites for hydroxylation is 1. The average molecular weight is 623 g/mol. The number of benzene rings is 3. The van der Waals surface area contributed by atoms with Crippen LogP contribution in [0.1, 0.15) is 56.0 Å². The van der Waals surface area contributed by atoms with Gasteiger partial charge in [0, 0.05) is 23.3 Å². The van der Waals surface area contributed by atoms with E-state index >= 15 is 4.39 Å².